The summed E-state index contributed by atoms with van der Waals surface area (Å²) < 4.78 is 10.7. The van der Waals surface area contributed by atoms with Crippen LogP contribution in [0.1, 0.15) is 30.0 Å². The van der Waals surface area contributed by atoms with E-state index < -0.39 is 23.6 Å². The van der Waals surface area contributed by atoms with Crippen molar-refractivity contribution in [2.45, 2.75) is 25.5 Å². The summed E-state index contributed by atoms with van der Waals surface area (Å²) in [6, 6.07) is 9.10. The number of urea groups is 1. The molecule has 2 N–H and O–H groups in total. The molecule has 142 valence electrons. The summed E-state index contributed by atoms with van der Waals surface area (Å²) in [7, 11) is 0. The van der Waals surface area contributed by atoms with Crippen molar-refractivity contribution in [3.8, 4) is 5.75 Å². The molecule has 1 aliphatic rings. The number of aliphatic hydroxyl groups excluding tert-OH is 1. The van der Waals surface area contributed by atoms with Gasteiger partial charge in [-0.25, -0.2) is 4.79 Å². The van der Waals surface area contributed by atoms with Gasteiger partial charge in [-0.05, 0) is 50.2 Å². The van der Waals surface area contributed by atoms with Gasteiger partial charge >= 0.3 is 6.03 Å². The van der Waals surface area contributed by atoms with Gasteiger partial charge in [0, 0.05) is 5.56 Å². The van der Waals surface area contributed by atoms with Crippen molar-refractivity contribution in [3.63, 3.8) is 0 Å². The van der Waals surface area contributed by atoms with Crippen LogP contribution in [-0.4, -0.2) is 47.0 Å². The van der Waals surface area contributed by atoms with E-state index in [0.717, 1.165) is 4.90 Å². The maximum Gasteiger partial charge on any atom is 0.325 e. The van der Waals surface area contributed by atoms with Crippen LogP contribution in [0.25, 0.3) is 0 Å². The minimum Gasteiger partial charge on any atom is -0.491 e. The van der Waals surface area contributed by atoms with Gasteiger partial charge in [-0.15, -0.1) is 0 Å². The van der Waals surface area contributed by atoms with E-state index in [2.05, 4.69) is 5.32 Å². The number of carbonyl (C=O) groups excluding carboxylic acids is 3. The lowest BCUT2D eigenvalue weighted by Gasteiger charge is -2.20. The van der Waals surface area contributed by atoms with E-state index in [0.29, 0.717) is 17.1 Å². The Labute approximate surface area is 155 Å². The Morgan fingerprint density at radius 2 is 2.00 bits per heavy atom. The largest absolute Gasteiger partial charge is 0.491 e. The summed E-state index contributed by atoms with van der Waals surface area (Å²) >= 11 is 0. The lowest BCUT2D eigenvalue weighted by Crippen LogP contribution is -2.42. The maximum absolute atomic E-state index is 12.6. The molecule has 0 unspecified atom stereocenters. The Kier molecular flexibility index (Phi) is 5.00. The van der Waals surface area contributed by atoms with E-state index in [1.807, 2.05) is 0 Å². The monoisotopic (exact) mass is 372 g/mol. The number of ketones is 1. The van der Waals surface area contributed by atoms with E-state index in [9.17, 15) is 19.5 Å². The fourth-order valence-electron chi connectivity index (χ4n) is 2.83. The number of rotatable bonds is 7. The molecule has 1 aromatic carbocycles. The number of aliphatic hydroxyl groups is 1. The molecule has 3 rings (SSSR count). The minimum atomic E-state index is -1.30. The highest BCUT2D eigenvalue weighted by Crippen LogP contribution is 2.29. The molecule has 2 heterocycles. The SMILES string of the molecule is CC(=O)c1ccc(OC[C@H](O)CN2C(=O)N[C@@](C)(c3ccco3)C2=O)cc1. The van der Waals surface area contributed by atoms with Gasteiger partial charge in [0.2, 0.25) is 0 Å². The molecule has 1 aliphatic heterocycles. The Bertz CT molecular complexity index is 846. The number of hydrogen-bond acceptors (Lipinski definition) is 6. The van der Waals surface area contributed by atoms with E-state index in [-0.39, 0.29) is 18.9 Å². The van der Waals surface area contributed by atoms with Gasteiger partial charge in [-0.3, -0.25) is 14.5 Å². The van der Waals surface area contributed by atoms with Crippen molar-refractivity contribution < 1.29 is 28.6 Å². The summed E-state index contributed by atoms with van der Waals surface area (Å²) in [5, 5.41) is 12.8. The second kappa shape index (κ2) is 7.24. The first kappa shape index (κ1) is 18.7. The number of Topliss-reactive ketones (excluding diaryl/α,β-unsaturated/α-hetero) is 1. The number of imide groups is 1. The molecule has 1 aromatic heterocycles. The Morgan fingerprint density at radius 3 is 2.59 bits per heavy atom. The van der Waals surface area contributed by atoms with Crippen LogP contribution in [-0.2, 0) is 10.3 Å². The number of β-amino-alcohol motifs (C(OH)–C–C–N with tert-alkyl or cyclic N) is 1. The van der Waals surface area contributed by atoms with Gasteiger partial charge in [0.1, 0.15) is 24.2 Å². The van der Waals surface area contributed by atoms with Crippen molar-refractivity contribution in [3.05, 3.63) is 54.0 Å². The molecular weight excluding hydrogens is 352 g/mol. The molecule has 27 heavy (non-hydrogen) atoms. The predicted octanol–water partition coefficient (Wildman–Crippen LogP) is 1.69. The van der Waals surface area contributed by atoms with Gasteiger partial charge in [0.15, 0.2) is 11.3 Å². The third kappa shape index (κ3) is 3.70. The van der Waals surface area contributed by atoms with Crippen molar-refractivity contribution in [2.24, 2.45) is 0 Å². The minimum absolute atomic E-state index is 0.0558. The zero-order valence-electron chi connectivity index (χ0n) is 15.0. The Hall–Kier alpha value is -3.13. The van der Waals surface area contributed by atoms with Gasteiger partial charge in [0.05, 0.1) is 12.8 Å². The number of hydrogen-bond donors (Lipinski definition) is 2. The molecule has 0 radical (unpaired) electrons. The first-order valence-corrected chi connectivity index (χ1v) is 8.41. The standard InChI is InChI=1S/C19H20N2O6/c1-12(22)13-5-7-15(8-6-13)27-11-14(23)10-21-17(24)19(2,20-18(21)25)16-4-3-9-26-16/h3-9,14,23H,10-11H2,1-2H3,(H,20,25)/t14-,19+/m1/s1. The van der Waals surface area contributed by atoms with Crippen LogP contribution in [0.5, 0.6) is 5.75 Å². The van der Waals surface area contributed by atoms with Gasteiger partial charge in [-0.1, -0.05) is 0 Å². The van der Waals surface area contributed by atoms with Crippen LogP contribution in [0, 0.1) is 0 Å². The predicted molar refractivity (Wildman–Crippen MR) is 94.3 cm³/mol. The molecule has 0 saturated carbocycles. The summed E-state index contributed by atoms with van der Waals surface area (Å²) in [5.41, 5.74) is -0.747. The maximum atomic E-state index is 12.6. The Morgan fingerprint density at radius 1 is 1.30 bits per heavy atom. The molecule has 1 fully saturated rings. The molecule has 2 atom stereocenters. The second-order valence-corrected chi connectivity index (χ2v) is 6.49. The molecule has 0 aliphatic carbocycles. The topological polar surface area (TPSA) is 109 Å². The van der Waals surface area contributed by atoms with E-state index in [1.54, 1.807) is 43.3 Å². The molecule has 2 aromatic rings. The van der Waals surface area contributed by atoms with Gasteiger partial charge in [-0.2, -0.15) is 0 Å². The highest BCUT2D eigenvalue weighted by Gasteiger charge is 2.51. The third-order valence-electron chi connectivity index (χ3n) is 4.39. The van der Waals surface area contributed by atoms with Crippen molar-refractivity contribution in [1.29, 1.82) is 0 Å². The van der Waals surface area contributed by atoms with Crippen LogP contribution >= 0.6 is 0 Å². The van der Waals surface area contributed by atoms with E-state index in [1.165, 1.54) is 13.2 Å². The molecule has 3 amide bonds. The molecule has 1 saturated heterocycles. The van der Waals surface area contributed by atoms with Crippen molar-refractivity contribution >= 4 is 17.7 Å². The third-order valence-corrected chi connectivity index (χ3v) is 4.39. The zero-order chi connectivity index (χ0) is 19.6. The summed E-state index contributed by atoms with van der Waals surface area (Å²) in [5.74, 6) is 0.225. The van der Waals surface area contributed by atoms with Crippen LogP contribution < -0.4 is 10.1 Å². The van der Waals surface area contributed by atoms with E-state index in [4.69, 9.17) is 9.15 Å². The number of nitrogens with zero attached hydrogens (tertiary/aromatic N) is 1. The van der Waals surface area contributed by atoms with Crippen molar-refractivity contribution in [2.75, 3.05) is 13.2 Å². The number of furan rings is 1. The molecule has 0 bridgehead atoms. The first-order chi connectivity index (χ1) is 12.8. The first-order valence-electron chi connectivity index (χ1n) is 8.41. The van der Waals surface area contributed by atoms with E-state index >= 15 is 0 Å². The number of benzene rings is 1. The van der Waals surface area contributed by atoms with Crippen molar-refractivity contribution in [1.82, 2.24) is 10.2 Å². The van der Waals surface area contributed by atoms with Gasteiger partial charge in [0.25, 0.3) is 5.91 Å². The molecular formula is C19H20N2O6. The van der Waals surface area contributed by atoms with Crippen LogP contribution in [0.15, 0.2) is 47.1 Å². The zero-order valence-corrected chi connectivity index (χ0v) is 15.0. The average Bonchev–Trinajstić information content (AvgIpc) is 3.25. The van der Waals surface area contributed by atoms with Crippen LogP contribution in [0.2, 0.25) is 0 Å². The summed E-state index contributed by atoms with van der Waals surface area (Å²) in [6.07, 6.45) is 0.342. The highest BCUT2D eigenvalue weighted by atomic mass is 16.5. The normalized spacial score (nSPS) is 20.5. The smallest absolute Gasteiger partial charge is 0.325 e. The molecule has 0 spiro atoms. The van der Waals surface area contributed by atoms with Gasteiger partial charge < -0.3 is 19.6 Å². The summed E-state index contributed by atoms with van der Waals surface area (Å²) in [4.78, 5) is 37.0. The lowest BCUT2D eigenvalue weighted by molar-refractivity contribution is -0.132. The van der Waals surface area contributed by atoms with Crippen LogP contribution in [0.3, 0.4) is 0 Å². The fraction of sp³-hybridized carbons (Fsp3) is 0.316. The number of ether oxygens (including phenoxy) is 1. The number of nitrogens with one attached hydrogen (secondary N) is 1. The quantitative estimate of drug-likeness (QED) is 0.565. The highest BCUT2D eigenvalue weighted by molar-refractivity contribution is 6.06. The average molecular weight is 372 g/mol. The number of amides is 3. The Balaban J connectivity index is 1.59. The van der Waals surface area contributed by atoms with Crippen LogP contribution in [0.4, 0.5) is 4.79 Å². The molecule has 8 heteroatoms. The number of carbonyl (C=O) groups is 3. The molecule has 8 nitrogen and oxygen atoms in total. The fourth-order valence-corrected chi connectivity index (χ4v) is 2.83. The second-order valence-electron chi connectivity index (χ2n) is 6.49. The summed E-state index contributed by atoms with van der Waals surface area (Å²) in [6.45, 7) is 2.68. The lowest BCUT2D eigenvalue weighted by atomic mass is 9.99.